The fourth-order valence-corrected chi connectivity index (χ4v) is 4.85. The quantitative estimate of drug-likeness (QED) is 0.297. The standard InChI is InChI=1S/C24H21IN2O2S/c1-15-6-4-5-7-18(15)14-26-23(28)22(30-24(26)29)13-19-12-16(2)27(17(19)3)21-10-8-20(25)9-11-21/h4-13H,14H2,1-3H3/b22-13-. The maximum Gasteiger partial charge on any atom is 0.293 e. The normalized spacial score (nSPS) is 15.5. The molecule has 1 aliphatic rings. The Morgan fingerprint density at radius 3 is 2.40 bits per heavy atom. The van der Waals surface area contributed by atoms with Crippen LogP contribution in [0, 0.1) is 24.3 Å². The molecule has 1 fully saturated rings. The van der Waals surface area contributed by atoms with Crippen molar-refractivity contribution in [2.24, 2.45) is 0 Å². The van der Waals surface area contributed by atoms with Crippen molar-refractivity contribution in [1.29, 1.82) is 0 Å². The first kappa shape index (κ1) is 20.9. The predicted octanol–water partition coefficient (Wildman–Crippen LogP) is 6.24. The van der Waals surface area contributed by atoms with E-state index in [4.69, 9.17) is 0 Å². The smallest absolute Gasteiger partial charge is 0.293 e. The van der Waals surface area contributed by atoms with Gasteiger partial charge in [0.25, 0.3) is 11.1 Å². The molecular formula is C24H21IN2O2S. The lowest BCUT2D eigenvalue weighted by molar-refractivity contribution is -0.123. The molecule has 6 heteroatoms. The third-order valence-corrected chi connectivity index (χ3v) is 6.93. The van der Waals surface area contributed by atoms with Crippen molar-refractivity contribution in [1.82, 2.24) is 9.47 Å². The Morgan fingerprint density at radius 1 is 1.00 bits per heavy atom. The van der Waals surface area contributed by atoms with Gasteiger partial charge in [0.2, 0.25) is 0 Å². The summed E-state index contributed by atoms with van der Waals surface area (Å²) in [6, 6.07) is 18.2. The molecule has 0 radical (unpaired) electrons. The van der Waals surface area contributed by atoms with Gasteiger partial charge in [0.05, 0.1) is 11.4 Å². The van der Waals surface area contributed by atoms with Crippen LogP contribution in [-0.4, -0.2) is 20.6 Å². The monoisotopic (exact) mass is 528 g/mol. The average molecular weight is 528 g/mol. The molecule has 0 atom stereocenters. The van der Waals surface area contributed by atoms with E-state index in [0.717, 1.165) is 45.5 Å². The van der Waals surface area contributed by atoms with Gasteiger partial charge in [0, 0.05) is 20.6 Å². The maximum absolute atomic E-state index is 13.0. The predicted molar refractivity (Wildman–Crippen MR) is 131 cm³/mol. The summed E-state index contributed by atoms with van der Waals surface area (Å²) in [7, 11) is 0. The van der Waals surface area contributed by atoms with Gasteiger partial charge in [-0.2, -0.15) is 0 Å². The van der Waals surface area contributed by atoms with E-state index in [0.29, 0.717) is 11.4 Å². The van der Waals surface area contributed by atoms with Crippen molar-refractivity contribution < 1.29 is 9.59 Å². The van der Waals surface area contributed by atoms with Crippen LogP contribution >= 0.6 is 34.4 Å². The molecule has 1 saturated heterocycles. The first-order chi connectivity index (χ1) is 14.3. The average Bonchev–Trinajstić information content (AvgIpc) is 3.14. The third kappa shape index (κ3) is 3.98. The molecule has 4 rings (SSSR count). The molecule has 3 aromatic rings. The van der Waals surface area contributed by atoms with E-state index < -0.39 is 0 Å². The number of hydrogen-bond donors (Lipinski definition) is 0. The highest BCUT2D eigenvalue weighted by Crippen LogP contribution is 2.35. The van der Waals surface area contributed by atoms with Crippen LogP contribution in [0.3, 0.4) is 0 Å². The molecule has 1 aliphatic heterocycles. The first-order valence-corrected chi connectivity index (χ1v) is 11.5. The van der Waals surface area contributed by atoms with Gasteiger partial charge in [-0.15, -0.1) is 0 Å². The van der Waals surface area contributed by atoms with E-state index in [9.17, 15) is 9.59 Å². The zero-order valence-electron chi connectivity index (χ0n) is 17.0. The minimum Gasteiger partial charge on any atom is -0.318 e. The number of imide groups is 1. The van der Waals surface area contributed by atoms with Crippen molar-refractivity contribution >= 4 is 51.6 Å². The number of halogens is 1. The lowest BCUT2D eigenvalue weighted by Gasteiger charge is -2.14. The largest absolute Gasteiger partial charge is 0.318 e. The van der Waals surface area contributed by atoms with Crippen LogP contribution < -0.4 is 0 Å². The Hall–Kier alpha value is -2.32. The highest BCUT2D eigenvalue weighted by molar-refractivity contribution is 14.1. The van der Waals surface area contributed by atoms with Crippen LogP contribution in [-0.2, 0) is 11.3 Å². The van der Waals surface area contributed by atoms with Gasteiger partial charge >= 0.3 is 0 Å². The Kier molecular flexibility index (Phi) is 5.88. The summed E-state index contributed by atoms with van der Waals surface area (Å²) < 4.78 is 3.35. The Balaban J connectivity index is 1.63. The Bertz CT molecular complexity index is 1180. The van der Waals surface area contributed by atoms with Crippen LogP contribution in [0.1, 0.15) is 28.1 Å². The second-order valence-electron chi connectivity index (χ2n) is 7.33. The summed E-state index contributed by atoms with van der Waals surface area (Å²) in [6.45, 7) is 6.38. The number of aromatic nitrogens is 1. The third-order valence-electron chi connectivity index (χ3n) is 5.31. The van der Waals surface area contributed by atoms with Gasteiger partial charge < -0.3 is 4.57 Å². The molecule has 0 saturated carbocycles. The van der Waals surface area contributed by atoms with Crippen molar-refractivity contribution in [3.8, 4) is 5.69 Å². The van der Waals surface area contributed by atoms with Crippen molar-refractivity contribution in [3.05, 3.63) is 91.2 Å². The molecule has 0 bridgehead atoms. The van der Waals surface area contributed by atoms with E-state index >= 15 is 0 Å². The van der Waals surface area contributed by atoms with Gasteiger partial charge in [-0.05, 0) is 108 Å². The molecule has 0 unspecified atom stereocenters. The zero-order chi connectivity index (χ0) is 21.4. The number of thioether (sulfide) groups is 1. The van der Waals surface area contributed by atoms with Crippen LogP contribution in [0.5, 0.6) is 0 Å². The van der Waals surface area contributed by atoms with Gasteiger partial charge in [0.15, 0.2) is 0 Å². The Labute approximate surface area is 194 Å². The topological polar surface area (TPSA) is 42.3 Å². The summed E-state index contributed by atoms with van der Waals surface area (Å²) in [6.07, 6.45) is 1.84. The van der Waals surface area contributed by atoms with Crippen molar-refractivity contribution in [3.63, 3.8) is 0 Å². The number of hydrogen-bond acceptors (Lipinski definition) is 3. The summed E-state index contributed by atoms with van der Waals surface area (Å²) >= 11 is 3.30. The zero-order valence-corrected chi connectivity index (χ0v) is 20.0. The van der Waals surface area contributed by atoms with E-state index in [2.05, 4.69) is 57.5 Å². The van der Waals surface area contributed by atoms with Gasteiger partial charge in [-0.3, -0.25) is 14.5 Å². The highest BCUT2D eigenvalue weighted by Gasteiger charge is 2.35. The number of aryl methyl sites for hydroxylation is 2. The molecule has 4 nitrogen and oxygen atoms in total. The molecule has 0 spiro atoms. The number of carbonyl (C=O) groups is 2. The van der Waals surface area contributed by atoms with E-state index in [1.165, 1.54) is 8.47 Å². The number of nitrogens with zero attached hydrogens (tertiary/aromatic N) is 2. The van der Waals surface area contributed by atoms with Gasteiger partial charge in [-0.25, -0.2) is 0 Å². The second-order valence-corrected chi connectivity index (χ2v) is 9.57. The van der Waals surface area contributed by atoms with Crippen LogP contribution in [0.15, 0.2) is 59.5 Å². The summed E-state index contributed by atoms with van der Waals surface area (Å²) in [5.41, 5.74) is 6.21. The SMILES string of the molecule is Cc1ccccc1CN1C(=O)S/C(=C\c2cc(C)n(-c3ccc(I)cc3)c2C)C1=O. The molecule has 2 amide bonds. The minimum absolute atomic E-state index is 0.221. The number of rotatable bonds is 4. The molecule has 0 N–H and O–H groups in total. The minimum atomic E-state index is -0.229. The van der Waals surface area contributed by atoms with E-state index in [1.54, 1.807) is 0 Å². The Morgan fingerprint density at radius 2 is 1.70 bits per heavy atom. The number of amides is 2. The van der Waals surface area contributed by atoms with Gasteiger partial charge in [0.1, 0.15) is 0 Å². The molecule has 2 heterocycles. The van der Waals surface area contributed by atoms with Crippen LogP contribution in [0.4, 0.5) is 4.79 Å². The lowest BCUT2D eigenvalue weighted by Crippen LogP contribution is -2.27. The maximum atomic E-state index is 13.0. The van der Waals surface area contributed by atoms with E-state index in [1.807, 2.05) is 51.1 Å². The fourth-order valence-electron chi connectivity index (χ4n) is 3.66. The summed E-state index contributed by atoms with van der Waals surface area (Å²) in [5.74, 6) is -0.229. The van der Waals surface area contributed by atoms with Crippen molar-refractivity contribution in [2.45, 2.75) is 27.3 Å². The second kappa shape index (κ2) is 8.43. The first-order valence-electron chi connectivity index (χ1n) is 9.60. The molecule has 152 valence electrons. The lowest BCUT2D eigenvalue weighted by atomic mass is 10.1. The molecular weight excluding hydrogens is 507 g/mol. The van der Waals surface area contributed by atoms with Crippen LogP contribution in [0.25, 0.3) is 11.8 Å². The van der Waals surface area contributed by atoms with Gasteiger partial charge in [-0.1, -0.05) is 24.3 Å². The molecule has 1 aromatic heterocycles. The summed E-state index contributed by atoms with van der Waals surface area (Å²) in [5, 5.41) is -0.221. The molecule has 30 heavy (non-hydrogen) atoms. The highest BCUT2D eigenvalue weighted by atomic mass is 127. The van der Waals surface area contributed by atoms with Crippen LogP contribution in [0.2, 0.25) is 0 Å². The van der Waals surface area contributed by atoms with E-state index in [-0.39, 0.29) is 11.1 Å². The number of benzene rings is 2. The van der Waals surface area contributed by atoms with Crippen molar-refractivity contribution in [2.75, 3.05) is 0 Å². The summed E-state index contributed by atoms with van der Waals surface area (Å²) in [4.78, 5) is 27.3. The molecule has 0 aliphatic carbocycles. The molecule has 2 aromatic carbocycles. The number of carbonyl (C=O) groups excluding carboxylic acids is 2. The fraction of sp³-hybridized carbons (Fsp3) is 0.167.